The second kappa shape index (κ2) is 6.31. The molecule has 1 atom stereocenters. The molecule has 0 amide bonds. The smallest absolute Gasteiger partial charge is 0.312 e. The number of nitro groups is 1. The van der Waals surface area contributed by atoms with Crippen molar-refractivity contribution in [3.8, 4) is 11.8 Å². The molecule has 0 spiro atoms. The minimum absolute atomic E-state index is 0.0183. The zero-order valence-corrected chi connectivity index (χ0v) is 11.5. The van der Waals surface area contributed by atoms with Crippen molar-refractivity contribution >= 4 is 15.7 Å². The highest BCUT2D eigenvalue weighted by Gasteiger charge is 2.18. The number of nitrogens with two attached hydrogens (primary N) is 1. The summed E-state index contributed by atoms with van der Waals surface area (Å²) in [6, 6.07) is 5.57. The maximum absolute atomic E-state index is 10.9. The van der Waals surface area contributed by atoms with Gasteiger partial charge >= 0.3 is 5.69 Å². The Bertz CT molecular complexity index is 651. The lowest BCUT2D eigenvalue weighted by molar-refractivity contribution is -0.385. The molecule has 0 saturated carbocycles. The summed E-state index contributed by atoms with van der Waals surface area (Å²) >= 11 is 0. The summed E-state index contributed by atoms with van der Waals surface area (Å²) in [5.41, 5.74) is -0.200. The number of hydrogen-bond donors (Lipinski definition) is 1. The molecular weight excluding hydrogens is 286 g/mol. The predicted molar refractivity (Wildman–Crippen MR) is 70.4 cm³/mol. The fourth-order valence-corrected chi connectivity index (χ4v) is 2.42. The van der Waals surface area contributed by atoms with Crippen molar-refractivity contribution in [2.24, 2.45) is 11.1 Å². The van der Waals surface area contributed by atoms with Crippen molar-refractivity contribution in [3.63, 3.8) is 0 Å². The van der Waals surface area contributed by atoms with Gasteiger partial charge in [0.25, 0.3) is 0 Å². The molecule has 1 aromatic rings. The number of nitro benzene ring substituents is 1. The Morgan fingerprint density at radius 3 is 2.70 bits per heavy atom. The summed E-state index contributed by atoms with van der Waals surface area (Å²) in [6.45, 7) is 1.56. The molecule has 108 valence electrons. The number of ether oxygens (including phenoxy) is 1. The van der Waals surface area contributed by atoms with E-state index in [9.17, 15) is 18.5 Å². The fraction of sp³-hybridized carbons (Fsp3) is 0.364. The number of primary sulfonamides is 1. The first-order valence-corrected chi connectivity index (χ1v) is 7.26. The van der Waals surface area contributed by atoms with Crippen LogP contribution in [0.4, 0.5) is 5.69 Å². The summed E-state index contributed by atoms with van der Waals surface area (Å²) in [6.07, 6.45) is 0. The SMILES string of the molecule is CC(COc1ccc(C#N)cc1[N+](=O)[O-])CS(N)(=O)=O. The van der Waals surface area contributed by atoms with Crippen LogP contribution in [-0.4, -0.2) is 25.7 Å². The standard InChI is InChI=1S/C11H13N3O5S/c1-8(7-20(13,17)18)6-19-11-3-2-9(5-12)4-10(11)14(15)16/h2-4,8H,6-7H2,1H3,(H2,13,17,18). The second-order valence-corrected chi connectivity index (χ2v) is 5.96. The van der Waals surface area contributed by atoms with Gasteiger partial charge in [0.1, 0.15) is 0 Å². The molecule has 0 aliphatic heterocycles. The van der Waals surface area contributed by atoms with Crippen molar-refractivity contribution < 1.29 is 18.1 Å². The van der Waals surface area contributed by atoms with Crippen molar-refractivity contribution in [3.05, 3.63) is 33.9 Å². The minimum atomic E-state index is -3.62. The normalized spacial score (nSPS) is 12.4. The van der Waals surface area contributed by atoms with Crippen LogP contribution in [0.3, 0.4) is 0 Å². The van der Waals surface area contributed by atoms with Crippen molar-refractivity contribution in [1.29, 1.82) is 5.26 Å². The number of sulfonamides is 1. The number of hydrogen-bond acceptors (Lipinski definition) is 6. The molecule has 2 N–H and O–H groups in total. The lowest BCUT2D eigenvalue weighted by atomic mass is 10.2. The van der Waals surface area contributed by atoms with Gasteiger partial charge in [-0.2, -0.15) is 5.26 Å². The molecule has 0 aliphatic rings. The zero-order valence-electron chi connectivity index (χ0n) is 10.6. The Balaban J connectivity index is 2.83. The van der Waals surface area contributed by atoms with E-state index in [-0.39, 0.29) is 29.4 Å². The lowest BCUT2D eigenvalue weighted by Gasteiger charge is -2.12. The van der Waals surface area contributed by atoms with Gasteiger partial charge in [0.15, 0.2) is 5.75 Å². The van der Waals surface area contributed by atoms with Gasteiger partial charge in [0.05, 0.1) is 28.9 Å². The van der Waals surface area contributed by atoms with Gasteiger partial charge in [0.2, 0.25) is 10.0 Å². The van der Waals surface area contributed by atoms with Crippen LogP contribution < -0.4 is 9.88 Å². The first-order valence-electron chi connectivity index (χ1n) is 5.54. The van der Waals surface area contributed by atoms with Gasteiger partial charge in [-0.25, -0.2) is 13.6 Å². The highest BCUT2D eigenvalue weighted by Crippen LogP contribution is 2.28. The van der Waals surface area contributed by atoms with E-state index in [4.69, 9.17) is 15.1 Å². The number of benzene rings is 1. The first kappa shape index (κ1) is 15.9. The molecule has 0 heterocycles. The van der Waals surface area contributed by atoms with Gasteiger partial charge in [-0.1, -0.05) is 6.92 Å². The second-order valence-electron chi connectivity index (χ2n) is 4.30. The molecule has 8 nitrogen and oxygen atoms in total. The average molecular weight is 299 g/mol. The van der Waals surface area contributed by atoms with Crippen LogP contribution in [0.2, 0.25) is 0 Å². The van der Waals surface area contributed by atoms with Crippen molar-refractivity contribution in [2.45, 2.75) is 6.92 Å². The highest BCUT2D eigenvalue weighted by atomic mass is 32.2. The Labute approximate surface area is 116 Å². The predicted octanol–water partition coefficient (Wildman–Crippen LogP) is 0.770. The summed E-state index contributed by atoms with van der Waals surface area (Å²) < 4.78 is 27.0. The van der Waals surface area contributed by atoms with E-state index < -0.39 is 20.9 Å². The third kappa shape index (κ3) is 4.83. The van der Waals surface area contributed by atoms with Crippen LogP contribution in [0.15, 0.2) is 18.2 Å². The molecule has 0 aliphatic carbocycles. The molecule has 0 bridgehead atoms. The molecule has 0 fully saturated rings. The average Bonchev–Trinajstić information content (AvgIpc) is 2.34. The van der Waals surface area contributed by atoms with E-state index in [1.54, 1.807) is 13.0 Å². The molecule has 20 heavy (non-hydrogen) atoms. The molecule has 1 unspecified atom stereocenters. The van der Waals surface area contributed by atoms with Crippen LogP contribution in [0, 0.1) is 27.4 Å². The fourth-order valence-electron chi connectivity index (χ4n) is 1.53. The van der Waals surface area contributed by atoms with Gasteiger partial charge < -0.3 is 4.74 Å². The van der Waals surface area contributed by atoms with Crippen LogP contribution in [0.25, 0.3) is 0 Å². The number of rotatable bonds is 6. The Morgan fingerprint density at radius 2 is 2.20 bits per heavy atom. The van der Waals surface area contributed by atoms with Gasteiger partial charge in [-0.05, 0) is 12.1 Å². The van der Waals surface area contributed by atoms with E-state index in [0.717, 1.165) is 6.07 Å². The largest absolute Gasteiger partial charge is 0.486 e. The molecular formula is C11H13N3O5S. The van der Waals surface area contributed by atoms with E-state index in [1.165, 1.54) is 12.1 Å². The summed E-state index contributed by atoms with van der Waals surface area (Å²) in [5, 5.41) is 24.4. The third-order valence-corrected chi connectivity index (χ3v) is 3.36. The Kier molecular flexibility index (Phi) is 5.01. The Morgan fingerprint density at radius 1 is 1.55 bits per heavy atom. The highest BCUT2D eigenvalue weighted by molar-refractivity contribution is 7.89. The van der Waals surface area contributed by atoms with Gasteiger partial charge in [-0.3, -0.25) is 10.1 Å². The van der Waals surface area contributed by atoms with Crippen LogP contribution in [0.5, 0.6) is 5.75 Å². The van der Waals surface area contributed by atoms with Crippen molar-refractivity contribution in [1.82, 2.24) is 0 Å². The maximum Gasteiger partial charge on any atom is 0.312 e. The summed E-state index contributed by atoms with van der Waals surface area (Å²) in [7, 11) is -3.62. The summed E-state index contributed by atoms with van der Waals surface area (Å²) in [5.74, 6) is -0.715. The third-order valence-electron chi connectivity index (χ3n) is 2.32. The maximum atomic E-state index is 10.9. The molecule has 0 radical (unpaired) electrons. The monoisotopic (exact) mass is 299 g/mol. The Hall–Kier alpha value is -2.18. The van der Waals surface area contributed by atoms with E-state index >= 15 is 0 Å². The van der Waals surface area contributed by atoms with E-state index in [2.05, 4.69) is 0 Å². The van der Waals surface area contributed by atoms with Gasteiger partial charge in [0, 0.05) is 12.0 Å². The number of nitriles is 1. The van der Waals surface area contributed by atoms with Gasteiger partial charge in [-0.15, -0.1) is 0 Å². The minimum Gasteiger partial charge on any atom is -0.486 e. The zero-order chi connectivity index (χ0) is 15.3. The quantitative estimate of drug-likeness (QED) is 0.608. The molecule has 1 aromatic carbocycles. The van der Waals surface area contributed by atoms with E-state index in [0.29, 0.717) is 0 Å². The summed E-state index contributed by atoms with van der Waals surface area (Å²) in [4.78, 5) is 10.2. The van der Waals surface area contributed by atoms with Crippen LogP contribution in [-0.2, 0) is 10.0 Å². The topological polar surface area (TPSA) is 136 Å². The van der Waals surface area contributed by atoms with Crippen molar-refractivity contribution in [2.75, 3.05) is 12.4 Å². The molecule has 0 saturated heterocycles. The molecule has 0 aromatic heterocycles. The van der Waals surface area contributed by atoms with Crippen LogP contribution in [0.1, 0.15) is 12.5 Å². The number of nitrogens with zero attached hydrogens (tertiary/aromatic N) is 2. The van der Waals surface area contributed by atoms with Crippen LogP contribution >= 0.6 is 0 Å². The lowest BCUT2D eigenvalue weighted by Crippen LogP contribution is -2.25. The molecule has 9 heteroatoms. The molecule has 1 rings (SSSR count). The van der Waals surface area contributed by atoms with E-state index in [1.807, 2.05) is 0 Å². The first-order chi connectivity index (χ1) is 9.23.